The maximum Gasteiger partial charge on any atom is 0.252 e. The molecule has 1 amide bonds. The first kappa shape index (κ1) is 17.8. The number of aromatic nitrogens is 1. The van der Waals surface area contributed by atoms with Crippen LogP contribution in [0.4, 0.5) is 0 Å². The average Bonchev–Trinajstić information content (AvgIpc) is 2.61. The van der Waals surface area contributed by atoms with Crippen LogP contribution in [0.15, 0.2) is 30.3 Å². The summed E-state index contributed by atoms with van der Waals surface area (Å²) in [5, 5.41) is 4.03. The van der Waals surface area contributed by atoms with Crippen molar-refractivity contribution in [2.24, 2.45) is 5.92 Å². The third-order valence-electron chi connectivity index (χ3n) is 4.87. The molecule has 25 heavy (non-hydrogen) atoms. The maximum atomic E-state index is 12.7. The lowest BCUT2D eigenvalue weighted by molar-refractivity contribution is 0.0939. The number of aryl methyl sites for hydroxylation is 1. The molecule has 1 saturated heterocycles. The van der Waals surface area contributed by atoms with Gasteiger partial charge in [-0.3, -0.25) is 9.78 Å². The molecule has 1 N–H and O–H groups in total. The van der Waals surface area contributed by atoms with Crippen LogP contribution in [0.2, 0.25) is 0 Å². The van der Waals surface area contributed by atoms with Gasteiger partial charge in [-0.25, -0.2) is 0 Å². The number of carbonyl (C=O) groups is 1. The summed E-state index contributed by atoms with van der Waals surface area (Å²) < 4.78 is 0. The monoisotopic (exact) mass is 340 g/mol. The quantitative estimate of drug-likeness (QED) is 0.906. The highest BCUT2D eigenvalue weighted by molar-refractivity contribution is 6.06. The molecule has 1 aliphatic rings. The second-order valence-corrected chi connectivity index (χ2v) is 7.25. The zero-order chi connectivity index (χ0) is 17.8. The van der Waals surface area contributed by atoms with Gasteiger partial charge >= 0.3 is 0 Å². The van der Waals surface area contributed by atoms with Crippen molar-refractivity contribution in [2.75, 3.05) is 46.3 Å². The lowest BCUT2D eigenvalue weighted by atomic mass is 10.1. The summed E-state index contributed by atoms with van der Waals surface area (Å²) in [7, 11) is 2.17. The molecule has 0 aliphatic carbocycles. The molecular weight excluding hydrogens is 312 g/mol. The molecule has 1 aromatic heterocycles. The number of amides is 1. The Labute approximate surface area is 150 Å². The smallest absolute Gasteiger partial charge is 0.252 e. The van der Waals surface area contributed by atoms with Crippen LogP contribution in [-0.2, 0) is 0 Å². The molecule has 0 bridgehead atoms. The summed E-state index contributed by atoms with van der Waals surface area (Å²) in [5.41, 5.74) is 2.46. The molecule has 3 rings (SSSR count). The highest BCUT2D eigenvalue weighted by atomic mass is 16.1. The lowest BCUT2D eigenvalue weighted by Gasteiger charge is -2.33. The lowest BCUT2D eigenvalue weighted by Crippen LogP contribution is -2.46. The first-order valence-electron chi connectivity index (χ1n) is 9.08. The van der Waals surface area contributed by atoms with Crippen molar-refractivity contribution >= 4 is 16.8 Å². The highest BCUT2D eigenvalue weighted by Gasteiger charge is 2.17. The van der Waals surface area contributed by atoms with Gasteiger partial charge in [0.1, 0.15) is 0 Å². The van der Waals surface area contributed by atoms with Gasteiger partial charge in [-0.05, 0) is 32.0 Å². The van der Waals surface area contributed by atoms with Gasteiger partial charge in [0, 0.05) is 50.3 Å². The zero-order valence-corrected chi connectivity index (χ0v) is 15.5. The van der Waals surface area contributed by atoms with Gasteiger partial charge in [0.25, 0.3) is 5.91 Å². The number of likely N-dealkylation sites (N-methyl/N-ethyl adjacent to an activating group) is 1. The van der Waals surface area contributed by atoms with Crippen molar-refractivity contribution in [3.8, 4) is 0 Å². The summed E-state index contributed by atoms with van der Waals surface area (Å²) in [6, 6.07) is 9.70. The number of hydrogen-bond donors (Lipinski definition) is 1. The topological polar surface area (TPSA) is 48.5 Å². The Balaban J connectivity index is 1.59. The molecule has 2 aromatic rings. The van der Waals surface area contributed by atoms with Gasteiger partial charge in [-0.2, -0.15) is 0 Å². The second-order valence-electron chi connectivity index (χ2n) is 7.25. The fourth-order valence-corrected chi connectivity index (χ4v) is 3.39. The fourth-order valence-electron chi connectivity index (χ4n) is 3.39. The molecule has 1 unspecified atom stereocenters. The Kier molecular flexibility index (Phi) is 5.66. The van der Waals surface area contributed by atoms with Gasteiger partial charge in [-0.15, -0.1) is 0 Å². The fraction of sp³-hybridized carbons (Fsp3) is 0.500. The molecule has 5 heteroatoms. The summed E-state index contributed by atoms with van der Waals surface area (Å²) >= 11 is 0. The van der Waals surface area contributed by atoms with Crippen LogP contribution in [0.25, 0.3) is 10.9 Å². The van der Waals surface area contributed by atoms with E-state index >= 15 is 0 Å². The minimum Gasteiger partial charge on any atom is -0.352 e. The number of piperazine rings is 1. The largest absolute Gasteiger partial charge is 0.352 e. The van der Waals surface area contributed by atoms with Crippen molar-refractivity contribution in [3.05, 3.63) is 41.6 Å². The minimum absolute atomic E-state index is 0.00747. The third-order valence-corrected chi connectivity index (χ3v) is 4.87. The van der Waals surface area contributed by atoms with E-state index in [-0.39, 0.29) is 5.91 Å². The third kappa shape index (κ3) is 4.55. The zero-order valence-electron chi connectivity index (χ0n) is 15.5. The molecule has 1 aliphatic heterocycles. The minimum atomic E-state index is -0.00747. The number of nitrogens with zero attached hydrogens (tertiary/aromatic N) is 3. The van der Waals surface area contributed by atoms with E-state index in [1.54, 1.807) is 0 Å². The number of pyridine rings is 1. The number of nitrogens with one attached hydrogen (secondary N) is 1. The summed E-state index contributed by atoms with van der Waals surface area (Å²) in [6.07, 6.45) is 0. The number of para-hydroxylation sites is 1. The number of carbonyl (C=O) groups excluding carboxylic acids is 1. The van der Waals surface area contributed by atoms with Crippen molar-refractivity contribution in [1.29, 1.82) is 0 Å². The average molecular weight is 340 g/mol. The van der Waals surface area contributed by atoms with Crippen LogP contribution >= 0.6 is 0 Å². The van der Waals surface area contributed by atoms with Crippen LogP contribution in [0, 0.1) is 12.8 Å². The Morgan fingerprint density at radius 3 is 2.72 bits per heavy atom. The second kappa shape index (κ2) is 7.93. The van der Waals surface area contributed by atoms with Crippen LogP contribution in [0.1, 0.15) is 23.0 Å². The summed E-state index contributed by atoms with van der Waals surface area (Å²) in [5.74, 6) is 0.425. The van der Waals surface area contributed by atoms with Crippen LogP contribution < -0.4 is 5.32 Å². The van der Waals surface area contributed by atoms with E-state index in [4.69, 9.17) is 0 Å². The molecule has 0 saturated carbocycles. The predicted octanol–water partition coefficient (Wildman–Crippen LogP) is 2.16. The molecule has 1 fully saturated rings. The first-order valence-corrected chi connectivity index (χ1v) is 9.08. The van der Waals surface area contributed by atoms with Crippen LogP contribution in [0.5, 0.6) is 0 Å². The standard InChI is InChI=1S/C20H28N4O/c1-15(14-24-10-8-23(3)9-11-24)13-21-20(25)18-12-16(2)22-19-7-5-4-6-17(18)19/h4-7,12,15H,8-11,13-14H2,1-3H3,(H,21,25). The van der Waals surface area contributed by atoms with Crippen LogP contribution in [0.3, 0.4) is 0 Å². The van der Waals surface area contributed by atoms with E-state index in [1.165, 1.54) is 0 Å². The summed E-state index contributed by atoms with van der Waals surface area (Å²) in [6.45, 7) is 10.3. The van der Waals surface area contributed by atoms with Crippen molar-refractivity contribution in [3.63, 3.8) is 0 Å². The van der Waals surface area contributed by atoms with Gasteiger partial charge in [0.2, 0.25) is 0 Å². The van der Waals surface area contributed by atoms with Gasteiger partial charge in [0.05, 0.1) is 11.1 Å². The Bertz CT molecular complexity index is 738. The Hall–Kier alpha value is -1.98. The molecular formula is C20H28N4O. The normalized spacial score (nSPS) is 17.6. The van der Waals surface area contributed by atoms with Gasteiger partial charge < -0.3 is 15.1 Å². The Morgan fingerprint density at radius 2 is 1.96 bits per heavy atom. The van der Waals surface area contributed by atoms with Gasteiger partial charge in [-0.1, -0.05) is 25.1 Å². The molecule has 1 atom stereocenters. The summed E-state index contributed by atoms with van der Waals surface area (Å²) in [4.78, 5) is 22.0. The number of rotatable bonds is 5. The van der Waals surface area contributed by atoms with Gasteiger partial charge in [0.15, 0.2) is 0 Å². The predicted molar refractivity (Wildman–Crippen MR) is 102 cm³/mol. The SMILES string of the molecule is Cc1cc(C(=O)NCC(C)CN2CCN(C)CC2)c2ccccc2n1. The van der Waals surface area contributed by atoms with E-state index in [1.807, 2.05) is 37.3 Å². The molecule has 0 radical (unpaired) electrons. The number of benzene rings is 1. The first-order chi connectivity index (χ1) is 12.0. The van der Waals surface area contributed by atoms with E-state index in [0.717, 1.165) is 54.9 Å². The Morgan fingerprint density at radius 1 is 1.24 bits per heavy atom. The van der Waals surface area contributed by atoms with E-state index < -0.39 is 0 Å². The van der Waals surface area contributed by atoms with E-state index in [2.05, 4.69) is 34.1 Å². The molecule has 2 heterocycles. The molecule has 5 nitrogen and oxygen atoms in total. The highest BCUT2D eigenvalue weighted by Crippen LogP contribution is 2.18. The van der Waals surface area contributed by atoms with Crippen molar-refractivity contribution in [2.45, 2.75) is 13.8 Å². The molecule has 1 aromatic carbocycles. The van der Waals surface area contributed by atoms with E-state index in [0.29, 0.717) is 12.5 Å². The number of fused-ring (bicyclic) bond motifs is 1. The van der Waals surface area contributed by atoms with Crippen molar-refractivity contribution in [1.82, 2.24) is 20.1 Å². The molecule has 134 valence electrons. The van der Waals surface area contributed by atoms with Crippen LogP contribution in [-0.4, -0.2) is 67.0 Å². The molecule has 0 spiro atoms. The number of hydrogen-bond acceptors (Lipinski definition) is 4. The van der Waals surface area contributed by atoms with E-state index in [9.17, 15) is 4.79 Å². The van der Waals surface area contributed by atoms with Crippen molar-refractivity contribution < 1.29 is 4.79 Å². The maximum absolute atomic E-state index is 12.7.